The summed E-state index contributed by atoms with van der Waals surface area (Å²) in [5.74, 6) is -2.10. The first-order chi connectivity index (χ1) is 22.1. The number of carbonyl (C=O) groups excluding carboxylic acids is 2. The number of carboxylic acids is 1. The predicted octanol–water partition coefficient (Wildman–Crippen LogP) is -0.420. The van der Waals surface area contributed by atoms with E-state index in [-0.39, 0.29) is 16.6 Å². The zero-order valence-corrected chi connectivity index (χ0v) is 26.5. The zero-order valence-electron chi connectivity index (χ0n) is 24.9. The maximum Gasteiger partial charge on any atom is 0.418 e. The molecule has 0 aliphatic carbocycles. The number of benzene rings is 1. The molecule has 0 bridgehead atoms. The summed E-state index contributed by atoms with van der Waals surface area (Å²) in [6, 6.07) is 5.22. The van der Waals surface area contributed by atoms with Gasteiger partial charge in [-0.2, -0.15) is 13.5 Å². The van der Waals surface area contributed by atoms with Crippen molar-refractivity contribution >= 4 is 72.8 Å². The summed E-state index contributed by atoms with van der Waals surface area (Å²) in [5, 5.41) is 24.7. The molecular formula is C26H31N9O10S2. The lowest BCUT2D eigenvalue weighted by atomic mass is 9.84. The number of anilines is 3. The molecule has 1 aromatic carbocycles. The van der Waals surface area contributed by atoms with Gasteiger partial charge < -0.3 is 42.1 Å². The lowest BCUT2D eigenvalue weighted by Gasteiger charge is -2.50. The normalized spacial score (nSPS) is 18.6. The number of carboxylic acid groups (broad SMARTS) is 1. The number of hydrogen-bond acceptors (Lipinski definition) is 16. The first-order valence-electron chi connectivity index (χ1n) is 13.9. The van der Waals surface area contributed by atoms with E-state index in [1.807, 2.05) is 0 Å². The van der Waals surface area contributed by atoms with Crippen molar-refractivity contribution in [1.82, 2.24) is 25.7 Å². The van der Waals surface area contributed by atoms with Crippen molar-refractivity contribution < 1.29 is 46.3 Å². The number of nitrogens with one attached hydrogen (secondary N) is 3. The number of rotatable bonds is 14. The molecule has 0 unspecified atom stereocenters. The smallest absolute Gasteiger partial charge is 0.418 e. The maximum absolute atomic E-state index is 13.2. The summed E-state index contributed by atoms with van der Waals surface area (Å²) < 4.78 is 41.1. The number of hydroxylamine groups is 2. The number of hydrogen-bond donors (Lipinski definition) is 7. The number of aromatic nitrogens is 2. The van der Waals surface area contributed by atoms with E-state index < -0.39 is 58.2 Å². The lowest BCUT2D eigenvalue weighted by Crippen LogP contribution is -2.76. The van der Waals surface area contributed by atoms with Gasteiger partial charge in [-0.3, -0.25) is 14.1 Å². The molecule has 2 saturated heterocycles. The number of thiazole rings is 1. The van der Waals surface area contributed by atoms with Crippen molar-refractivity contribution in [3.05, 3.63) is 35.3 Å². The Bertz CT molecular complexity index is 1850. The second kappa shape index (κ2) is 13.1. The summed E-state index contributed by atoms with van der Waals surface area (Å²) in [4.78, 5) is 51.5. The Morgan fingerprint density at radius 2 is 2.00 bits per heavy atom. The minimum Gasteiger partial charge on any atom is -0.489 e. The van der Waals surface area contributed by atoms with E-state index >= 15 is 0 Å². The SMILES string of the molecule is CC1(C)[C@H](NC(=O)/C(=N\O[C@@H](COc2ccc3nc(NCC4CNC4)cc(N)c3c2)C(=O)O)c2csc(N)n2)C(=O)N1OS(=O)(=O)O. The fourth-order valence-corrected chi connectivity index (χ4v) is 5.61. The van der Waals surface area contributed by atoms with Gasteiger partial charge in [0.2, 0.25) is 0 Å². The van der Waals surface area contributed by atoms with Crippen LogP contribution in [0, 0.1) is 5.92 Å². The van der Waals surface area contributed by atoms with Crippen molar-refractivity contribution in [1.29, 1.82) is 0 Å². The Kier molecular flexibility index (Phi) is 9.36. The average molecular weight is 694 g/mol. The molecule has 2 aliphatic heterocycles. The molecule has 9 N–H and O–H groups in total. The topological polar surface area (TPSA) is 283 Å². The third-order valence-electron chi connectivity index (χ3n) is 7.30. The minimum absolute atomic E-state index is 0.0510. The number of amides is 2. The lowest BCUT2D eigenvalue weighted by molar-refractivity contribution is -0.218. The van der Waals surface area contributed by atoms with Gasteiger partial charge in [-0.15, -0.1) is 15.6 Å². The summed E-state index contributed by atoms with van der Waals surface area (Å²) in [6.07, 6.45) is -1.71. The molecular weight excluding hydrogens is 662 g/mol. The molecule has 252 valence electrons. The molecule has 2 aromatic heterocycles. The van der Waals surface area contributed by atoms with Gasteiger partial charge in [0.15, 0.2) is 10.8 Å². The molecule has 5 rings (SSSR count). The highest BCUT2D eigenvalue weighted by molar-refractivity contribution is 7.80. The van der Waals surface area contributed by atoms with Gasteiger partial charge in [0.1, 0.15) is 29.9 Å². The molecule has 3 aromatic rings. The van der Waals surface area contributed by atoms with E-state index in [0.717, 1.165) is 31.0 Å². The van der Waals surface area contributed by atoms with E-state index in [0.29, 0.717) is 33.4 Å². The third-order valence-corrected chi connectivity index (χ3v) is 8.31. The summed E-state index contributed by atoms with van der Waals surface area (Å²) in [6.45, 7) is 4.80. The van der Waals surface area contributed by atoms with E-state index in [1.165, 1.54) is 19.2 Å². The Labute approximate surface area is 271 Å². The quantitative estimate of drug-likeness (QED) is 0.0488. The number of β-lactam (4-membered cyclic amide) rings is 1. The highest BCUT2D eigenvalue weighted by atomic mass is 32.3. The number of aliphatic carboxylic acids is 1. The van der Waals surface area contributed by atoms with Crippen LogP contribution >= 0.6 is 11.3 Å². The standard InChI is InChI=1S/C26H31N9O10S2/c1-26(2)21(23(37)35(26)45-47(40,41)42)33-22(36)20(17-11-46-25(28)32-17)34-44-18(24(38)39)10-43-13-3-4-16-14(5-13)15(27)6-19(31-16)30-9-12-7-29-8-12/h3-6,11-12,18,21,29H,7-10H2,1-2H3,(H2,28,32)(H,33,36)(H,38,39)(H3,27,30,31)(H,40,41,42)/b34-20-/t18-,21+/m0/s1. The Hall–Kier alpha value is -4.83. The van der Waals surface area contributed by atoms with Crippen LogP contribution in [0.2, 0.25) is 0 Å². The number of oxime groups is 1. The zero-order chi connectivity index (χ0) is 34.1. The van der Waals surface area contributed by atoms with Gasteiger partial charge in [0.05, 0.1) is 11.1 Å². The van der Waals surface area contributed by atoms with Gasteiger partial charge in [-0.1, -0.05) is 5.16 Å². The number of ether oxygens (including phenoxy) is 1. The molecule has 4 heterocycles. The largest absolute Gasteiger partial charge is 0.489 e. The number of nitrogens with zero attached hydrogens (tertiary/aromatic N) is 4. The third kappa shape index (κ3) is 7.60. The monoisotopic (exact) mass is 693 g/mol. The Balaban J connectivity index is 1.27. The minimum atomic E-state index is -5.02. The second-order valence-corrected chi connectivity index (χ2v) is 13.0. The van der Waals surface area contributed by atoms with Crippen molar-refractivity contribution in [2.75, 3.05) is 43.0 Å². The molecule has 47 heavy (non-hydrogen) atoms. The van der Waals surface area contributed by atoms with Crippen LogP contribution in [-0.4, -0.2) is 101 Å². The first-order valence-corrected chi connectivity index (χ1v) is 16.1. The number of nitrogens with two attached hydrogens (primary N) is 2. The molecule has 2 atom stereocenters. The van der Waals surface area contributed by atoms with E-state index in [4.69, 9.17) is 25.6 Å². The summed E-state index contributed by atoms with van der Waals surface area (Å²) >= 11 is 0.952. The van der Waals surface area contributed by atoms with Crippen LogP contribution in [0.3, 0.4) is 0 Å². The van der Waals surface area contributed by atoms with Gasteiger partial charge in [-0.05, 0) is 32.0 Å². The molecule has 0 saturated carbocycles. The molecule has 2 amide bonds. The Morgan fingerprint density at radius 3 is 2.60 bits per heavy atom. The molecule has 0 spiro atoms. The van der Waals surface area contributed by atoms with E-state index in [2.05, 4.69) is 35.4 Å². The van der Waals surface area contributed by atoms with E-state index in [1.54, 1.807) is 24.3 Å². The number of nitrogen functional groups attached to an aromatic ring is 2. The van der Waals surface area contributed by atoms with Crippen molar-refractivity contribution in [2.24, 2.45) is 11.1 Å². The van der Waals surface area contributed by atoms with Crippen molar-refractivity contribution in [3.8, 4) is 5.75 Å². The van der Waals surface area contributed by atoms with Crippen molar-refractivity contribution in [3.63, 3.8) is 0 Å². The molecule has 0 radical (unpaired) electrons. The summed E-state index contributed by atoms with van der Waals surface area (Å²) in [5.41, 5.74) is 10.9. The second-order valence-electron chi connectivity index (χ2n) is 11.1. The van der Waals surface area contributed by atoms with Crippen LogP contribution < -0.4 is 32.2 Å². The number of fused-ring (bicyclic) bond motifs is 1. The van der Waals surface area contributed by atoms with Crippen LogP contribution in [0.15, 0.2) is 34.8 Å². The molecule has 21 heteroatoms. The van der Waals surface area contributed by atoms with E-state index in [9.17, 15) is 27.9 Å². The van der Waals surface area contributed by atoms with Crippen LogP contribution in [0.25, 0.3) is 10.9 Å². The summed E-state index contributed by atoms with van der Waals surface area (Å²) in [7, 11) is -5.02. The maximum atomic E-state index is 13.2. The molecule has 19 nitrogen and oxygen atoms in total. The van der Waals surface area contributed by atoms with Crippen LogP contribution in [0.1, 0.15) is 19.5 Å². The highest BCUT2D eigenvalue weighted by Crippen LogP contribution is 2.33. The fraction of sp³-hybridized carbons (Fsp3) is 0.385. The predicted molar refractivity (Wildman–Crippen MR) is 168 cm³/mol. The average Bonchev–Trinajstić information content (AvgIpc) is 3.40. The molecule has 2 aliphatic rings. The van der Waals surface area contributed by atoms with Gasteiger partial charge in [0.25, 0.3) is 17.9 Å². The van der Waals surface area contributed by atoms with Gasteiger partial charge in [0, 0.05) is 48.1 Å². The molecule has 2 fully saturated rings. The fourth-order valence-electron chi connectivity index (χ4n) is 4.61. The first kappa shape index (κ1) is 33.5. The van der Waals surface area contributed by atoms with Gasteiger partial charge >= 0.3 is 16.4 Å². The number of carbonyl (C=O) groups is 3. The van der Waals surface area contributed by atoms with Crippen LogP contribution in [0.5, 0.6) is 5.75 Å². The van der Waals surface area contributed by atoms with Gasteiger partial charge in [-0.25, -0.2) is 14.8 Å². The Morgan fingerprint density at radius 1 is 1.26 bits per heavy atom. The highest BCUT2D eigenvalue weighted by Gasteiger charge is 2.58. The number of pyridine rings is 1. The van der Waals surface area contributed by atoms with Crippen LogP contribution in [0.4, 0.5) is 16.6 Å². The van der Waals surface area contributed by atoms with Crippen molar-refractivity contribution in [2.45, 2.75) is 31.5 Å². The van der Waals surface area contributed by atoms with Crippen LogP contribution in [-0.2, 0) is 33.9 Å².